The molecular weight excluding hydrogens is 393 g/mol. The number of nitrogens with one attached hydrogen (secondary N) is 1. The second-order valence-corrected chi connectivity index (χ2v) is 6.28. The van der Waals surface area contributed by atoms with Gasteiger partial charge in [0.25, 0.3) is 11.6 Å². The van der Waals surface area contributed by atoms with Gasteiger partial charge in [0.05, 0.1) is 29.0 Å². The Morgan fingerprint density at radius 2 is 1.97 bits per heavy atom. The Bertz CT molecular complexity index is 1270. The van der Waals surface area contributed by atoms with Crippen molar-refractivity contribution in [2.45, 2.75) is 0 Å². The van der Waals surface area contributed by atoms with Crippen molar-refractivity contribution < 1.29 is 18.8 Å². The van der Waals surface area contributed by atoms with Crippen molar-refractivity contribution in [1.82, 2.24) is 14.6 Å². The number of carbonyl (C=O) groups is 1. The number of non-ortho nitro benzene ring substituents is 1. The smallest absolute Gasteiger partial charge is 0.271 e. The van der Waals surface area contributed by atoms with Crippen LogP contribution in [0.1, 0.15) is 10.4 Å². The van der Waals surface area contributed by atoms with Gasteiger partial charge in [0.15, 0.2) is 5.65 Å². The molecule has 2 aromatic heterocycles. The minimum absolute atomic E-state index is 0.157. The van der Waals surface area contributed by atoms with Crippen LogP contribution in [-0.2, 0) is 0 Å². The maximum Gasteiger partial charge on any atom is 0.271 e. The average molecular weight is 407 g/mol. The van der Waals surface area contributed by atoms with Gasteiger partial charge in [0.1, 0.15) is 11.6 Å². The van der Waals surface area contributed by atoms with Gasteiger partial charge in [-0.15, -0.1) is 0 Å². The quantitative estimate of drug-likeness (QED) is 0.399. The van der Waals surface area contributed by atoms with Crippen molar-refractivity contribution in [1.29, 1.82) is 0 Å². The van der Waals surface area contributed by atoms with Crippen molar-refractivity contribution in [3.63, 3.8) is 0 Å². The molecule has 4 aromatic rings. The monoisotopic (exact) mass is 407 g/mol. The number of carbonyl (C=O) groups excluding carboxylic acids is 1. The number of ether oxygens (including phenoxy) is 1. The highest BCUT2D eigenvalue weighted by Crippen LogP contribution is 2.29. The first-order chi connectivity index (χ1) is 14.4. The van der Waals surface area contributed by atoms with Gasteiger partial charge >= 0.3 is 0 Å². The van der Waals surface area contributed by atoms with E-state index in [9.17, 15) is 19.3 Å². The molecule has 0 aliphatic heterocycles. The Kier molecular flexibility index (Phi) is 4.80. The van der Waals surface area contributed by atoms with Crippen LogP contribution in [0.25, 0.3) is 16.9 Å². The second kappa shape index (κ2) is 7.59. The van der Waals surface area contributed by atoms with E-state index >= 15 is 0 Å². The van der Waals surface area contributed by atoms with Crippen LogP contribution < -0.4 is 10.1 Å². The summed E-state index contributed by atoms with van der Waals surface area (Å²) < 4.78 is 19.7. The molecule has 0 fully saturated rings. The number of amides is 1. The highest BCUT2D eigenvalue weighted by molar-refractivity contribution is 6.05. The van der Waals surface area contributed by atoms with E-state index < -0.39 is 10.8 Å². The SMILES string of the molecule is COc1ccc([N+](=O)[O-])cc1NC(=O)c1cnc2cc(-c3ccc(F)cc3)nn2c1. The molecule has 2 heterocycles. The van der Waals surface area contributed by atoms with Crippen molar-refractivity contribution >= 4 is 22.9 Å². The maximum absolute atomic E-state index is 13.1. The number of rotatable bonds is 5. The molecule has 0 saturated carbocycles. The summed E-state index contributed by atoms with van der Waals surface area (Å²) in [5.41, 5.74) is 1.93. The van der Waals surface area contributed by atoms with Gasteiger partial charge in [-0.05, 0) is 30.3 Å². The molecule has 0 bridgehead atoms. The number of halogens is 1. The molecule has 9 nitrogen and oxygen atoms in total. The number of aromatic nitrogens is 3. The molecule has 30 heavy (non-hydrogen) atoms. The van der Waals surface area contributed by atoms with Crippen molar-refractivity contribution in [3.05, 3.63) is 82.4 Å². The van der Waals surface area contributed by atoms with Gasteiger partial charge in [-0.2, -0.15) is 5.10 Å². The Morgan fingerprint density at radius 1 is 1.20 bits per heavy atom. The van der Waals surface area contributed by atoms with Gasteiger partial charge in [0, 0.05) is 36.2 Å². The molecule has 4 rings (SSSR count). The number of nitro groups is 1. The minimum Gasteiger partial charge on any atom is -0.495 e. The van der Waals surface area contributed by atoms with E-state index in [2.05, 4.69) is 15.4 Å². The normalized spacial score (nSPS) is 10.7. The fourth-order valence-electron chi connectivity index (χ4n) is 2.86. The van der Waals surface area contributed by atoms with Crippen LogP contribution in [0.15, 0.2) is 60.9 Å². The Hall–Kier alpha value is -4.34. The number of anilines is 1. The van der Waals surface area contributed by atoms with Gasteiger partial charge in [-0.25, -0.2) is 13.9 Å². The molecule has 0 aliphatic carbocycles. The van der Waals surface area contributed by atoms with E-state index in [1.54, 1.807) is 18.2 Å². The van der Waals surface area contributed by atoms with E-state index in [1.807, 2.05) is 0 Å². The summed E-state index contributed by atoms with van der Waals surface area (Å²) >= 11 is 0. The molecule has 0 saturated heterocycles. The molecular formula is C20H14FN5O4. The fraction of sp³-hybridized carbons (Fsp3) is 0.0500. The lowest BCUT2D eigenvalue weighted by Crippen LogP contribution is -2.14. The van der Waals surface area contributed by atoms with Crippen molar-refractivity contribution in [2.24, 2.45) is 0 Å². The first kappa shape index (κ1) is 19.0. The summed E-state index contributed by atoms with van der Waals surface area (Å²) in [5, 5.41) is 18.0. The number of nitrogens with zero attached hydrogens (tertiary/aromatic N) is 4. The van der Waals surface area contributed by atoms with E-state index in [4.69, 9.17) is 4.74 Å². The molecule has 150 valence electrons. The van der Waals surface area contributed by atoms with Gasteiger partial charge < -0.3 is 10.1 Å². The van der Waals surface area contributed by atoms with Crippen LogP contribution in [0, 0.1) is 15.9 Å². The van der Waals surface area contributed by atoms with Crippen molar-refractivity contribution in [3.8, 4) is 17.0 Å². The topological polar surface area (TPSA) is 112 Å². The predicted molar refractivity (Wildman–Crippen MR) is 106 cm³/mol. The average Bonchev–Trinajstić information content (AvgIpc) is 3.17. The van der Waals surface area contributed by atoms with Crippen LogP contribution in [0.5, 0.6) is 5.75 Å². The van der Waals surface area contributed by atoms with Crippen LogP contribution >= 0.6 is 0 Å². The van der Waals surface area contributed by atoms with E-state index in [-0.39, 0.29) is 28.5 Å². The van der Waals surface area contributed by atoms with Gasteiger partial charge in [0.2, 0.25) is 0 Å². The number of methoxy groups -OCH3 is 1. The van der Waals surface area contributed by atoms with E-state index in [1.165, 1.54) is 54.4 Å². The van der Waals surface area contributed by atoms with Crippen LogP contribution in [0.2, 0.25) is 0 Å². The highest BCUT2D eigenvalue weighted by atomic mass is 19.1. The van der Waals surface area contributed by atoms with Crippen LogP contribution in [0.4, 0.5) is 15.8 Å². The third kappa shape index (κ3) is 3.65. The number of hydrogen-bond donors (Lipinski definition) is 1. The Balaban J connectivity index is 1.63. The molecule has 0 aliphatic rings. The van der Waals surface area contributed by atoms with Gasteiger partial charge in [-0.1, -0.05) is 0 Å². The predicted octanol–water partition coefficient (Wildman–Crippen LogP) is 3.70. The van der Waals surface area contributed by atoms with Gasteiger partial charge in [-0.3, -0.25) is 14.9 Å². The standard InChI is InChI=1S/C20H14FN5O4/c1-30-18-7-6-15(26(28)29)8-17(18)23-20(27)13-10-22-19-9-16(24-25(19)11-13)12-2-4-14(21)5-3-12/h2-11H,1H3,(H,23,27). The minimum atomic E-state index is -0.566. The third-order valence-corrected chi connectivity index (χ3v) is 4.36. The lowest BCUT2D eigenvalue weighted by molar-refractivity contribution is -0.384. The Morgan fingerprint density at radius 3 is 2.67 bits per heavy atom. The molecule has 0 atom stereocenters. The lowest BCUT2D eigenvalue weighted by Gasteiger charge is -2.10. The van der Waals surface area contributed by atoms with Crippen LogP contribution in [0.3, 0.4) is 0 Å². The summed E-state index contributed by atoms with van der Waals surface area (Å²) in [6, 6.07) is 11.5. The summed E-state index contributed by atoms with van der Waals surface area (Å²) in [6.07, 6.45) is 2.85. The summed E-state index contributed by atoms with van der Waals surface area (Å²) in [6.45, 7) is 0. The second-order valence-electron chi connectivity index (χ2n) is 6.28. The zero-order valence-electron chi connectivity index (χ0n) is 15.6. The first-order valence-electron chi connectivity index (χ1n) is 8.70. The van der Waals surface area contributed by atoms with Crippen LogP contribution in [-0.4, -0.2) is 32.5 Å². The molecule has 0 unspecified atom stereocenters. The molecule has 0 radical (unpaired) electrons. The molecule has 10 heteroatoms. The Labute approximate surface area is 168 Å². The van der Waals surface area contributed by atoms with E-state index in [0.29, 0.717) is 16.9 Å². The summed E-state index contributed by atoms with van der Waals surface area (Å²) in [5.74, 6) is -0.612. The number of benzene rings is 2. The number of fused-ring (bicyclic) bond motifs is 1. The zero-order valence-corrected chi connectivity index (χ0v) is 15.6. The number of nitro benzene ring substituents is 1. The summed E-state index contributed by atoms with van der Waals surface area (Å²) in [7, 11) is 1.39. The fourth-order valence-corrected chi connectivity index (χ4v) is 2.86. The largest absolute Gasteiger partial charge is 0.495 e. The van der Waals surface area contributed by atoms with E-state index in [0.717, 1.165) is 0 Å². The maximum atomic E-state index is 13.1. The molecule has 2 aromatic carbocycles. The molecule has 1 N–H and O–H groups in total. The summed E-state index contributed by atoms with van der Waals surface area (Å²) in [4.78, 5) is 27.3. The molecule has 1 amide bonds. The third-order valence-electron chi connectivity index (χ3n) is 4.36. The van der Waals surface area contributed by atoms with Crippen molar-refractivity contribution in [2.75, 3.05) is 12.4 Å². The zero-order chi connectivity index (χ0) is 21.3. The highest BCUT2D eigenvalue weighted by Gasteiger charge is 2.16. The first-order valence-corrected chi connectivity index (χ1v) is 8.70. The number of hydrogen-bond acceptors (Lipinski definition) is 6. The molecule has 0 spiro atoms. The lowest BCUT2D eigenvalue weighted by atomic mass is 10.1.